The van der Waals surface area contributed by atoms with Gasteiger partial charge < -0.3 is 28.9 Å². The van der Waals surface area contributed by atoms with E-state index in [2.05, 4.69) is 10.6 Å². The smallest absolute Gasteiger partial charge is 0.226 e. The fourth-order valence-electron chi connectivity index (χ4n) is 6.46. The van der Waals surface area contributed by atoms with Crippen molar-refractivity contribution in [3.05, 3.63) is 29.5 Å². The van der Waals surface area contributed by atoms with Gasteiger partial charge in [0, 0.05) is 68.9 Å². The van der Waals surface area contributed by atoms with Gasteiger partial charge in [-0.1, -0.05) is 0 Å². The summed E-state index contributed by atoms with van der Waals surface area (Å²) in [6.45, 7) is 2.83. The van der Waals surface area contributed by atoms with Gasteiger partial charge in [-0.3, -0.25) is 9.59 Å². The average Bonchev–Trinajstić information content (AvgIpc) is 3.66. The van der Waals surface area contributed by atoms with E-state index in [4.69, 9.17) is 9.47 Å². The number of aryl methyl sites for hydroxylation is 1. The molecule has 4 aliphatic rings. The molecule has 0 radical (unpaired) electrons. The molecule has 1 aliphatic carbocycles. The van der Waals surface area contributed by atoms with Crippen LogP contribution in [0.2, 0.25) is 0 Å². The number of benzene rings is 1. The number of fused-ring (bicyclic) bond motifs is 4. The molecule has 3 aliphatic heterocycles. The lowest BCUT2D eigenvalue weighted by molar-refractivity contribution is -0.150. The Morgan fingerprint density at radius 1 is 1.09 bits per heavy atom. The minimum Gasteiger partial charge on any atom is -0.497 e. The van der Waals surface area contributed by atoms with E-state index in [0.29, 0.717) is 45.7 Å². The lowest BCUT2D eigenvalue weighted by atomic mass is 9.68. The second-order valence-corrected chi connectivity index (χ2v) is 10.5. The van der Waals surface area contributed by atoms with Crippen molar-refractivity contribution in [2.75, 3.05) is 46.6 Å². The summed E-state index contributed by atoms with van der Waals surface area (Å²) in [6, 6.07) is 5.67. The monoisotopic (exact) mass is 467 g/mol. The predicted octanol–water partition coefficient (Wildman–Crippen LogP) is 1.98. The summed E-state index contributed by atoms with van der Waals surface area (Å²) in [5, 5.41) is 11.7. The molecule has 1 saturated carbocycles. The maximum atomic E-state index is 13.8. The first-order valence-corrected chi connectivity index (χ1v) is 12.4. The highest BCUT2D eigenvalue weighted by Gasteiger charge is 2.56. The number of likely N-dealkylation sites (tertiary alicyclic amines) is 1. The Morgan fingerprint density at radius 2 is 1.79 bits per heavy atom. The number of aromatic nitrogens is 1. The van der Waals surface area contributed by atoms with Crippen LogP contribution in [0.15, 0.2) is 18.2 Å². The second-order valence-electron chi connectivity index (χ2n) is 10.5. The number of amides is 2. The van der Waals surface area contributed by atoms with Gasteiger partial charge in [0.05, 0.1) is 30.7 Å². The summed E-state index contributed by atoms with van der Waals surface area (Å²) in [7, 11) is 3.66. The van der Waals surface area contributed by atoms with Crippen molar-refractivity contribution in [3.63, 3.8) is 0 Å². The minimum atomic E-state index is -0.410. The van der Waals surface area contributed by atoms with E-state index >= 15 is 0 Å². The molecule has 0 unspecified atom stereocenters. The summed E-state index contributed by atoms with van der Waals surface area (Å²) >= 11 is 0. The molecule has 1 aromatic heterocycles. The van der Waals surface area contributed by atoms with Crippen molar-refractivity contribution in [2.24, 2.45) is 18.9 Å². The molecule has 1 N–H and O–H groups in total. The molecule has 34 heavy (non-hydrogen) atoms. The second kappa shape index (κ2) is 7.99. The predicted molar refractivity (Wildman–Crippen MR) is 126 cm³/mol. The Hall–Kier alpha value is -2.58. The van der Waals surface area contributed by atoms with Crippen molar-refractivity contribution in [3.8, 4) is 5.75 Å². The quantitative estimate of drug-likeness (QED) is 0.744. The van der Waals surface area contributed by atoms with Crippen molar-refractivity contribution < 1.29 is 24.2 Å². The SMILES string of the molecule is COc1ccc2c3c(n(C)c2c1)[C@@H](CO)N(C(=O)C1CCOCC1)CC31CN(C(=O)C2CC2)C1. The molecule has 0 bridgehead atoms. The van der Waals surface area contributed by atoms with Gasteiger partial charge in [-0.25, -0.2) is 0 Å². The van der Waals surface area contributed by atoms with Gasteiger partial charge in [0.15, 0.2) is 0 Å². The number of methoxy groups -OCH3 is 1. The molecular formula is C26H33N3O5. The number of aliphatic hydroxyl groups is 1. The van der Waals surface area contributed by atoms with Crippen LogP contribution in [0.1, 0.15) is 43.0 Å². The summed E-state index contributed by atoms with van der Waals surface area (Å²) in [5.74, 6) is 1.22. The molecule has 4 heterocycles. The lowest BCUT2D eigenvalue weighted by Crippen LogP contribution is -2.68. The van der Waals surface area contributed by atoms with Gasteiger partial charge in [-0.05, 0) is 43.4 Å². The van der Waals surface area contributed by atoms with E-state index in [1.807, 2.05) is 29.0 Å². The van der Waals surface area contributed by atoms with Crippen molar-refractivity contribution in [1.82, 2.24) is 14.4 Å². The fourth-order valence-corrected chi connectivity index (χ4v) is 6.46. The van der Waals surface area contributed by atoms with Crippen LogP contribution in [0, 0.1) is 11.8 Å². The largest absolute Gasteiger partial charge is 0.497 e. The van der Waals surface area contributed by atoms with E-state index in [0.717, 1.165) is 35.2 Å². The fraction of sp³-hybridized carbons (Fsp3) is 0.615. The number of aliphatic hydroxyl groups excluding tert-OH is 1. The molecule has 1 atom stereocenters. The highest BCUT2D eigenvalue weighted by molar-refractivity contribution is 5.91. The van der Waals surface area contributed by atoms with E-state index in [-0.39, 0.29) is 35.7 Å². The zero-order valence-electron chi connectivity index (χ0n) is 20.0. The Balaban J connectivity index is 1.46. The van der Waals surface area contributed by atoms with E-state index < -0.39 is 6.04 Å². The molecule has 6 rings (SSSR count). The van der Waals surface area contributed by atoms with Gasteiger partial charge in [0.1, 0.15) is 5.75 Å². The number of nitrogens with zero attached hydrogens (tertiary/aromatic N) is 3. The number of carbonyl (C=O) groups is 2. The summed E-state index contributed by atoms with van der Waals surface area (Å²) in [5.41, 5.74) is 2.87. The topological polar surface area (TPSA) is 84.2 Å². The van der Waals surface area contributed by atoms with Gasteiger partial charge in [-0.2, -0.15) is 0 Å². The van der Waals surface area contributed by atoms with Crippen LogP contribution in [0.3, 0.4) is 0 Å². The zero-order valence-corrected chi connectivity index (χ0v) is 20.0. The molecule has 3 fully saturated rings. The van der Waals surface area contributed by atoms with Crippen LogP contribution < -0.4 is 4.74 Å². The number of carbonyl (C=O) groups excluding carboxylic acids is 2. The van der Waals surface area contributed by atoms with Gasteiger partial charge in [0.2, 0.25) is 11.8 Å². The van der Waals surface area contributed by atoms with Crippen molar-refractivity contribution >= 4 is 22.7 Å². The number of ether oxygens (including phenoxy) is 2. The Bertz CT molecular complexity index is 1140. The summed E-state index contributed by atoms with van der Waals surface area (Å²) in [4.78, 5) is 30.5. The third-order valence-corrected chi connectivity index (χ3v) is 8.40. The maximum Gasteiger partial charge on any atom is 0.226 e. The van der Waals surface area contributed by atoms with E-state index in [9.17, 15) is 14.7 Å². The molecule has 2 saturated heterocycles. The first-order valence-electron chi connectivity index (χ1n) is 12.4. The average molecular weight is 468 g/mol. The standard InChI is InChI=1S/C26H33N3O5/c1-27-20-11-18(33-2)5-6-19(20)22-23(27)21(12-30)29(25(32)17-7-9-34-10-8-17)15-26(22)13-28(14-26)24(31)16-3-4-16/h5-6,11,16-17,21,30H,3-4,7-10,12-15H2,1-2H3/t21-/m1/s1. The minimum absolute atomic E-state index is 0.0829. The Morgan fingerprint density at radius 3 is 2.44 bits per heavy atom. The van der Waals surface area contributed by atoms with Crippen molar-refractivity contribution in [1.29, 1.82) is 0 Å². The van der Waals surface area contributed by atoms with Crippen LogP contribution in [0.5, 0.6) is 5.75 Å². The highest BCUT2D eigenvalue weighted by Crippen LogP contribution is 2.51. The van der Waals surface area contributed by atoms with Gasteiger partial charge in [-0.15, -0.1) is 0 Å². The molecule has 2 amide bonds. The van der Waals surface area contributed by atoms with Gasteiger partial charge >= 0.3 is 0 Å². The zero-order chi connectivity index (χ0) is 23.6. The molecule has 8 heteroatoms. The summed E-state index contributed by atoms with van der Waals surface area (Å²) < 4.78 is 13.1. The normalized spacial score (nSPS) is 24.3. The Labute approximate surface area is 199 Å². The first-order chi connectivity index (χ1) is 16.5. The van der Waals surface area contributed by atoms with Gasteiger partial charge in [0.25, 0.3) is 0 Å². The number of hydrogen-bond acceptors (Lipinski definition) is 5. The van der Waals surface area contributed by atoms with Crippen LogP contribution in [0.25, 0.3) is 10.9 Å². The van der Waals surface area contributed by atoms with Crippen LogP contribution in [-0.4, -0.2) is 77.9 Å². The third-order valence-electron chi connectivity index (χ3n) is 8.40. The first kappa shape index (κ1) is 21.9. The molecular weight excluding hydrogens is 434 g/mol. The third kappa shape index (κ3) is 3.18. The number of hydrogen-bond donors (Lipinski definition) is 1. The molecule has 2 aromatic rings. The molecule has 8 nitrogen and oxygen atoms in total. The Kier molecular flexibility index (Phi) is 5.15. The molecule has 182 valence electrons. The summed E-state index contributed by atoms with van der Waals surface area (Å²) in [6.07, 6.45) is 3.41. The number of rotatable bonds is 4. The van der Waals surface area contributed by atoms with Crippen LogP contribution >= 0.6 is 0 Å². The maximum absolute atomic E-state index is 13.8. The lowest BCUT2D eigenvalue weighted by Gasteiger charge is -2.56. The molecule has 1 spiro atoms. The van der Waals surface area contributed by atoms with E-state index in [1.54, 1.807) is 7.11 Å². The van der Waals surface area contributed by atoms with Crippen LogP contribution in [0.4, 0.5) is 0 Å². The molecule has 1 aromatic carbocycles. The van der Waals surface area contributed by atoms with Crippen molar-refractivity contribution in [2.45, 2.75) is 37.1 Å². The van der Waals surface area contributed by atoms with Crippen LogP contribution in [-0.2, 0) is 26.8 Å². The van der Waals surface area contributed by atoms with E-state index in [1.165, 1.54) is 5.56 Å². The highest BCUT2D eigenvalue weighted by atomic mass is 16.5.